The topological polar surface area (TPSA) is 49.4 Å². The zero-order valence-electron chi connectivity index (χ0n) is 22.1. The lowest BCUT2D eigenvalue weighted by Crippen LogP contribution is -2.52. The maximum atomic E-state index is 13.9. The van der Waals surface area contributed by atoms with Gasteiger partial charge in [-0.05, 0) is 59.4 Å². The van der Waals surface area contributed by atoms with Gasteiger partial charge in [-0.2, -0.15) is 0 Å². The summed E-state index contributed by atoms with van der Waals surface area (Å²) in [6.07, 6.45) is 2.17. The van der Waals surface area contributed by atoms with Crippen molar-refractivity contribution in [1.29, 1.82) is 0 Å². The molecule has 0 aliphatic rings. The van der Waals surface area contributed by atoms with Crippen LogP contribution < -0.4 is 5.32 Å². The minimum Gasteiger partial charge on any atom is -0.352 e. The number of benzene rings is 4. The molecular formula is C33H35ClN2O2. The highest BCUT2D eigenvalue weighted by atomic mass is 35.5. The van der Waals surface area contributed by atoms with Gasteiger partial charge >= 0.3 is 0 Å². The van der Waals surface area contributed by atoms with Crippen LogP contribution in [0.2, 0.25) is 5.02 Å². The number of aryl methyl sites for hydroxylation is 1. The second kappa shape index (κ2) is 13.3. The van der Waals surface area contributed by atoms with Gasteiger partial charge in [-0.1, -0.05) is 103 Å². The van der Waals surface area contributed by atoms with Crippen molar-refractivity contribution in [1.82, 2.24) is 10.2 Å². The van der Waals surface area contributed by atoms with E-state index in [1.54, 1.807) is 4.90 Å². The summed E-state index contributed by atoms with van der Waals surface area (Å²) >= 11 is 6.12. The molecule has 4 rings (SSSR count). The minimum atomic E-state index is -0.637. The van der Waals surface area contributed by atoms with Crippen molar-refractivity contribution in [2.75, 3.05) is 0 Å². The fourth-order valence-corrected chi connectivity index (χ4v) is 4.80. The van der Waals surface area contributed by atoms with Crippen molar-refractivity contribution in [2.24, 2.45) is 0 Å². The molecule has 0 aliphatic heterocycles. The first-order valence-corrected chi connectivity index (χ1v) is 13.7. The van der Waals surface area contributed by atoms with E-state index in [-0.39, 0.29) is 17.9 Å². The van der Waals surface area contributed by atoms with Gasteiger partial charge in [-0.3, -0.25) is 9.59 Å². The molecule has 0 heterocycles. The standard InChI is InChI=1S/C33H35ClN2O2/c1-3-24(2)35-33(38)31(22-25-10-5-4-6-11-25)36(23-26-16-19-29(34)20-17-26)32(37)21-18-28-14-9-13-27-12-7-8-15-30(27)28/h4-17,19-20,24,31H,3,18,21-23H2,1-2H3,(H,35,38)/t24-,31-/m0/s1. The van der Waals surface area contributed by atoms with Gasteiger partial charge in [0, 0.05) is 30.5 Å². The number of hydrogen-bond donors (Lipinski definition) is 1. The van der Waals surface area contributed by atoms with Crippen molar-refractivity contribution >= 4 is 34.2 Å². The fourth-order valence-electron chi connectivity index (χ4n) is 4.68. The molecule has 0 saturated heterocycles. The molecule has 4 nitrogen and oxygen atoms in total. The number of carbonyl (C=O) groups is 2. The third kappa shape index (κ3) is 7.23. The second-order valence-corrected chi connectivity index (χ2v) is 10.2. The van der Waals surface area contributed by atoms with Crippen LogP contribution >= 0.6 is 11.6 Å². The van der Waals surface area contributed by atoms with Crippen LogP contribution in [0.4, 0.5) is 0 Å². The van der Waals surface area contributed by atoms with E-state index in [4.69, 9.17) is 11.6 Å². The van der Waals surface area contributed by atoms with Crippen molar-refractivity contribution < 1.29 is 9.59 Å². The summed E-state index contributed by atoms with van der Waals surface area (Å²) in [6, 6.07) is 31.2. The predicted molar refractivity (Wildman–Crippen MR) is 156 cm³/mol. The van der Waals surface area contributed by atoms with E-state index in [1.165, 1.54) is 0 Å². The summed E-state index contributed by atoms with van der Waals surface area (Å²) in [5, 5.41) is 6.07. The second-order valence-electron chi connectivity index (χ2n) is 9.81. The Bertz CT molecular complexity index is 1350. The Morgan fingerprint density at radius 3 is 2.26 bits per heavy atom. The molecule has 0 bridgehead atoms. The highest BCUT2D eigenvalue weighted by molar-refractivity contribution is 6.30. The van der Waals surface area contributed by atoms with Crippen LogP contribution in [0.3, 0.4) is 0 Å². The summed E-state index contributed by atoms with van der Waals surface area (Å²) in [6.45, 7) is 4.36. The molecule has 0 aliphatic carbocycles. The van der Waals surface area contributed by atoms with Crippen molar-refractivity contribution in [2.45, 2.75) is 58.2 Å². The van der Waals surface area contributed by atoms with Crippen LogP contribution in [0.5, 0.6) is 0 Å². The molecule has 4 aromatic rings. The normalized spacial score (nSPS) is 12.6. The minimum absolute atomic E-state index is 0.0175. The number of hydrogen-bond acceptors (Lipinski definition) is 2. The maximum absolute atomic E-state index is 13.9. The molecular weight excluding hydrogens is 492 g/mol. The first kappa shape index (κ1) is 27.4. The highest BCUT2D eigenvalue weighted by Gasteiger charge is 2.30. The largest absolute Gasteiger partial charge is 0.352 e. The molecule has 4 aromatic carbocycles. The van der Waals surface area contributed by atoms with Crippen molar-refractivity contribution in [3.63, 3.8) is 0 Å². The van der Waals surface area contributed by atoms with Gasteiger partial charge in [0.15, 0.2) is 0 Å². The Morgan fingerprint density at radius 2 is 1.53 bits per heavy atom. The van der Waals surface area contributed by atoms with Crippen LogP contribution in [0.25, 0.3) is 10.8 Å². The number of halogens is 1. The lowest BCUT2D eigenvalue weighted by atomic mass is 9.99. The molecule has 196 valence electrons. The van der Waals surface area contributed by atoms with Crippen LogP contribution in [-0.2, 0) is 29.0 Å². The van der Waals surface area contributed by atoms with E-state index in [2.05, 4.69) is 29.6 Å². The molecule has 1 N–H and O–H groups in total. The summed E-state index contributed by atoms with van der Waals surface area (Å²) in [5.74, 6) is -0.177. The molecule has 0 aromatic heterocycles. The number of nitrogens with one attached hydrogen (secondary N) is 1. The molecule has 38 heavy (non-hydrogen) atoms. The lowest BCUT2D eigenvalue weighted by molar-refractivity contribution is -0.141. The smallest absolute Gasteiger partial charge is 0.243 e. The monoisotopic (exact) mass is 526 g/mol. The zero-order chi connectivity index (χ0) is 26.9. The Hall–Kier alpha value is -3.63. The molecule has 2 atom stereocenters. The van der Waals surface area contributed by atoms with Crippen LogP contribution in [0.15, 0.2) is 97.1 Å². The van der Waals surface area contributed by atoms with Crippen LogP contribution in [0, 0.1) is 0 Å². The van der Waals surface area contributed by atoms with Crippen LogP contribution in [-0.4, -0.2) is 28.8 Å². The summed E-state index contributed by atoms with van der Waals surface area (Å²) in [5.41, 5.74) is 3.08. The fraction of sp³-hybridized carbons (Fsp3) is 0.273. The van der Waals surface area contributed by atoms with Gasteiger partial charge in [0.1, 0.15) is 6.04 Å². The van der Waals surface area contributed by atoms with Crippen LogP contribution in [0.1, 0.15) is 43.4 Å². The molecule has 0 saturated carbocycles. The Kier molecular flexibility index (Phi) is 9.56. The SMILES string of the molecule is CC[C@H](C)NC(=O)[C@H](Cc1ccccc1)N(Cc1ccc(Cl)cc1)C(=O)CCc1cccc2ccccc12. The van der Waals surface area contributed by atoms with Crippen molar-refractivity contribution in [3.8, 4) is 0 Å². The molecule has 0 radical (unpaired) electrons. The number of fused-ring (bicyclic) bond motifs is 1. The van der Waals surface area contributed by atoms with Gasteiger partial charge in [0.05, 0.1) is 0 Å². The predicted octanol–water partition coefficient (Wildman–Crippen LogP) is 6.98. The van der Waals surface area contributed by atoms with E-state index < -0.39 is 6.04 Å². The van der Waals surface area contributed by atoms with Gasteiger partial charge in [0.25, 0.3) is 0 Å². The van der Waals surface area contributed by atoms with E-state index in [0.717, 1.165) is 33.9 Å². The quantitative estimate of drug-likeness (QED) is 0.229. The molecule has 0 spiro atoms. The van der Waals surface area contributed by atoms with Gasteiger partial charge in [-0.25, -0.2) is 0 Å². The summed E-state index contributed by atoms with van der Waals surface area (Å²) < 4.78 is 0. The van der Waals surface area contributed by atoms with Gasteiger partial charge < -0.3 is 10.2 Å². The van der Waals surface area contributed by atoms with E-state index >= 15 is 0 Å². The molecule has 2 amide bonds. The molecule has 0 fully saturated rings. The van der Waals surface area contributed by atoms with Gasteiger partial charge in [0.2, 0.25) is 11.8 Å². The van der Waals surface area contributed by atoms with E-state index in [1.807, 2.05) is 86.6 Å². The number of nitrogens with zero attached hydrogens (tertiary/aromatic N) is 1. The third-order valence-electron chi connectivity index (χ3n) is 7.03. The van der Waals surface area contributed by atoms with E-state index in [0.29, 0.717) is 30.8 Å². The van der Waals surface area contributed by atoms with Crippen molar-refractivity contribution in [3.05, 3.63) is 119 Å². The Morgan fingerprint density at radius 1 is 0.842 bits per heavy atom. The average Bonchev–Trinajstić information content (AvgIpc) is 2.95. The third-order valence-corrected chi connectivity index (χ3v) is 7.28. The maximum Gasteiger partial charge on any atom is 0.243 e. The molecule has 0 unspecified atom stereocenters. The zero-order valence-corrected chi connectivity index (χ0v) is 22.8. The summed E-state index contributed by atoms with van der Waals surface area (Å²) in [7, 11) is 0. The molecule has 5 heteroatoms. The Labute approximate surface area is 230 Å². The first-order chi connectivity index (χ1) is 18.4. The lowest BCUT2D eigenvalue weighted by Gasteiger charge is -2.32. The van der Waals surface area contributed by atoms with Gasteiger partial charge in [-0.15, -0.1) is 0 Å². The van der Waals surface area contributed by atoms with E-state index in [9.17, 15) is 9.59 Å². The first-order valence-electron chi connectivity index (χ1n) is 13.3. The Balaban J connectivity index is 1.64. The number of amides is 2. The summed E-state index contributed by atoms with van der Waals surface area (Å²) in [4.78, 5) is 29.3. The highest BCUT2D eigenvalue weighted by Crippen LogP contribution is 2.22. The number of rotatable bonds is 11. The number of carbonyl (C=O) groups excluding carboxylic acids is 2. The average molecular weight is 527 g/mol.